The number of benzene rings is 1. The van der Waals surface area contributed by atoms with Gasteiger partial charge in [0, 0.05) is 26.2 Å². The Hall–Kier alpha value is -2.75. The van der Waals surface area contributed by atoms with Crippen molar-refractivity contribution in [3.63, 3.8) is 0 Å². The molecule has 2 aliphatic heterocycles. The Morgan fingerprint density at radius 2 is 2.00 bits per heavy atom. The lowest BCUT2D eigenvalue weighted by Crippen LogP contribution is -2.43. The topological polar surface area (TPSA) is 92.2 Å². The van der Waals surface area contributed by atoms with Crippen LogP contribution in [-0.2, 0) is 9.53 Å². The number of aryl methyl sites for hydroxylation is 2. The number of hydrogen-bond donors (Lipinski definition) is 1. The van der Waals surface area contributed by atoms with E-state index in [1.807, 2.05) is 31.2 Å². The first-order valence-electron chi connectivity index (χ1n) is 12.7. The molecular weight excluding hydrogens is 478 g/mol. The van der Waals surface area contributed by atoms with Crippen LogP contribution in [0.25, 0.3) is 0 Å². The number of unbranched alkanes of at least 4 members (excludes halogenated alkanes) is 2. The van der Waals surface area contributed by atoms with Crippen LogP contribution < -0.4 is 4.74 Å². The van der Waals surface area contributed by atoms with Crippen LogP contribution in [0.2, 0.25) is 0 Å². The summed E-state index contributed by atoms with van der Waals surface area (Å²) in [5.41, 5.74) is 1.45. The highest BCUT2D eigenvalue weighted by Crippen LogP contribution is 2.40. The van der Waals surface area contributed by atoms with Gasteiger partial charge in [0.25, 0.3) is 5.91 Å². The number of thiazole rings is 1. The van der Waals surface area contributed by atoms with E-state index in [0.29, 0.717) is 49.2 Å². The molecule has 2 aliphatic rings. The zero-order valence-corrected chi connectivity index (χ0v) is 22.1. The molecule has 1 amide bonds. The maximum atomic E-state index is 13.7. The molecule has 1 fully saturated rings. The lowest BCUT2D eigenvalue weighted by molar-refractivity contribution is -0.129. The van der Waals surface area contributed by atoms with Gasteiger partial charge in [-0.15, -0.1) is 11.3 Å². The van der Waals surface area contributed by atoms with Gasteiger partial charge in [-0.2, -0.15) is 0 Å². The first-order valence-corrected chi connectivity index (χ1v) is 13.5. The summed E-state index contributed by atoms with van der Waals surface area (Å²) in [5, 5.41) is 11.7. The van der Waals surface area contributed by atoms with Gasteiger partial charge < -0.3 is 19.5 Å². The van der Waals surface area contributed by atoms with Gasteiger partial charge >= 0.3 is 0 Å². The zero-order chi connectivity index (χ0) is 25.7. The largest absolute Gasteiger partial charge is 0.503 e. The summed E-state index contributed by atoms with van der Waals surface area (Å²) in [4.78, 5) is 35.7. The summed E-state index contributed by atoms with van der Waals surface area (Å²) in [6.07, 6.45) is 3.16. The van der Waals surface area contributed by atoms with Crippen LogP contribution in [0.5, 0.6) is 5.75 Å². The first kappa shape index (κ1) is 26.3. The lowest BCUT2D eigenvalue weighted by atomic mass is 9.95. The molecule has 36 heavy (non-hydrogen) atoms. The highest BCUT2D eigenvalue weighted by molar-refractivity contribution is 7.14. The molecule has 2 aromatic rings. The summed E-state index contributed by atoms with van der Waals surface area (Å²) in [6, 6.07) is 6.81. The van der Waals surface area contributed by atoms with Crippen molar-refractivity contribution in [1.29, 1.82) is 0 Å². The van der Waals surface area contributed by atoms with Gasteiger partial charge in [0.2, 0.25) is 5.78 Å². The standard InChI is InChI=1S/C27H35N3O5S/c1-4-5-6-14-35-21-9-7-8-20(17-21)23-22(24(31)26-18(2)28-19(3)36-26)25(32)27(33)30(23)11-10-29-12-15-34-16-13-29/h7-9,17,23,32H,4-6,10-16H2,1-3H3. The molecule has 1 aromatic heterocycles. The second-order valence-electron chi connectivity index (χ2n) is 9.22. The molecule has 8 nitrogen and oxygen atoms in total. The Labute approximate surface area is 216 Å². The monoisotopic (exact) mass is 513 g/mol. The molecule has 1 saturated heterocycles. The molecule has 0 bridgehead atoms. The summed E-state index contributed by atoms with van der Waals surface area (Å²) in [5.74, 6) is -0.666. The Balaban J connectivity index is 1.65. The van der Waals surface area contributed by atoms with Gasteiger partial charge in [0.05, 0.1) is 47.0 Å². The summed E-state index contributed by atoms with van der Waals surface area (Å²) in [6.45, 7) is 10.3. The third-order valence-corrected chi connectivity index (χ3v) is 7.68. The number of rotatable bonds is 11. The van der Waals surface area contributed by atoms with Crippen molar-refractivity contribution in [2.45, 2.75) is 46.1 Å². The third kappa shape index (κ3) is 5.79. The SMILES string of the molecule is CCCCCOc1cccc(C2C(C(=O)c3sc(C)nc3C)=C(O)C(=O)N2CCN2CCOCC2)c1. The Kier molecular flexibility index (Phi) is 8.77. The molecule has 1 atom stereocenters. The van der Waals surface area contributed by atoms with E-state index in [4.69, 9.17) is 9.47 Å². The van der Waals surface area contributed by atoms with Crippen LogP contribution in [0.1, 0.15) is 58.2 Å². The summed E-state index contributed by atoms with van der Waals surface area (Å²) < 4.78 is 11.4. The molecule has 1 aromatic carbocycles. The van der Waals surface area contributed by atoms with Crippen LogP contribution in [0.3, 0.4) is 0 Å². The highest BCUT2D eigenvalue weighted by Gasteiger charge is 2.44. The number of ether oxygens (including phenoxy) is 2. The van der Waals surface area contributed by atoms with E-state index in [0.717, 1.165) is 42.9 Å². The normalized spacial score (nSPS) is 18.8. The summed E-state index contributed by atoms with van der Waals surface area (Å²) in [7, 11) is 0. The smallest absolute Gasteiger partial charge is 0.290 e. The second kappa shape index (κ2) is 12.0. The Morgan fingerprint density at radius 1 is 1.22 bits per heavy atom. The number of amides is 1. The minimum absolute atomic E-state index is 0.108. The van der Waals surface area contributed by atoms with Gasteiger partial charge in [0.15, 0.2) is 5.76 Å². The van der Waals surface area contributed by atoms with Crippen LogP contribution in [0.15, 0.2) is 35.6 Å². The number of ketones is 1. The Bertz CT molecular complexity index is 1120. The predicted octanol–water partition coefficient (Wildman–Crippen LogP) is 4.24. The fourth-order valence-corrected chi connectivity index (χ4v) is 5.59. The van der Waals surface area contributed by atoms with E-state index >= 15 is 0 Å². The summed E-state index contributed by atoms with van der Waals surface area (Å²) >= 11 is 1.28. The third-order valence-electron chi connectivity index (χ3n) is 6.61. The van der Waals surface area contributed by atoms with Gasteiger partial charge in [0.1, 0.15) is 5.75 Å². The molecule has 0 radical (unpaired) electrons. The number of Topliss-reactive ketones (excluding diaryl/α,β-unsaturated/α-hetero) is 1. The number of aliphatic hydroxyl groups is 1. The quantitative estimate of drug-likeness (QED) is 0.355. The van der Waals surface area contributed by atoms with Gasteiger partial charge in [-0.25, -0.2) is 4.98 Å². The maximum absolute atomic E-state index is 13.7. The van der Waals surface area contributed by atoms with Gasteiger partial charge in [-0.1, -0.05) is 31.9 Å². The fraction of sp³-hybridized carbons (Fsp3) is 0.519. The molecule has 0 saturated carbocycles. The van der Waals surface area contributed by atoms with Crippen molar-refractivity contribution in [2.75, 3.05) is 46.0 Å². The fourth-order valence-electron chi connectivity index (χ4n) is 4.72. The van der Waals surface area contributed by atoms with E-state index < -0.39 is 17.7 Å². The van der Waals surface area contributed by atoms with E-state index in [-0.39, 0.29) is 11.4 Å². The molecule has 1 unspecified atom stereocenters. The van der Waals surface area contributed by atoms with Gasteiger partial charge in [-0.3, -0.25) is 14.5 Å². The molecule has 3 heterocycles. The minimum Gasteiger partial charge on any atom is -0.503 e. The second-order valence-corrected chi connectivity index (χ2v) is 10.4. The number of morpholine rings is 1. The molecule has 1 N–H and O–H groups in total. The maximum Gasteiger partial charge on any atom is 0.290 e. The average Bonchev–Trinajstić information content (AvgIpc) is 3.35. The van der Waals surface area contributed by atoms with Crippen LogP contribution in [0, 0.1) is 13.8 Å². The van der Waals surface area contributed by atoms with E-state index in [2.05, 4.69) is 16.8 Å². The van der Waals surface area contributed by atoms with Crippen LogP contribution in [-0.4, -0.2) is 77.6 Å². The number of carbonyl (C=O) groups is 2. The van der Waals surface area contributed by atoms with Crippen molar-refractivity contribution >= 4 is 23.0 Å². The van der Waals surface area contributed by atoms with Crippen molar-refractivity contribution in [2.24, 2.45) is 0 Å². The number of aliphatic hydroxyl groups excluding tert-OH is 1. The van der Waals surface area contributed by atoms with Crippen molar-refractivity contribution in [3.05, 3.63) is 56.7 Å². The van der Waals surface area contributed by atoms with Gasteiger partial charge in [-0.05, 0) is 38.0 Å². The number of nitrogens with zero attached hydrogens (tertiary/aromatic N) is 3. The average molecular weight is 514 g/mol. The van der Waals surface area contributed by atoms with Crippen molar-refractivity contribution in [3.8, 4) is 5.75 Å². The van der Waals surface area contributed by atoms with E-state index in [1.54, 1.807) is 11.8 Å². The van der Waals surface area contributed by atoms with E-state index in [9.17, 15) is 14.7 Å². The molecule has 0 spiro atoms. The molecular formula is C27H35N3O5S. The highest BCUT2D eigenvalue weighted by atomic mass is 32.1. The zero-order valence-electron chi connectivity index (χ0n) is 21.3. The molecule has 0 aliphatic carbocycles. The number of carbonyl (C=O) groups excluding carboxylic acids is 2. The van der Waals surface area contributed by atoms with E-state index in [1.165, 1.54) is 11.3 Å². The first-order chi connectivity index (χ1) is 17.4. The number of hydrogen-bond acceptors (Lipinski definition) is 8. The Morgan fingerprint density at radius 3 is 2.69 bits per heavy atom. The van der Waals surface area contributed by atoms with Crippen molar-refractivity contribution in [1.82, 2.24) is 14.8 Å². The number of aromatic nitrogens is 1. The molecule has 194 valence electrons. The van der Waals surface area contributed by atoms with Crippen LogP contribution in [0.4, 0.5) is 0 Å². The molecule has 9 heteroatoms. The minimum atomic E-state index is -0.702. The lowest BCUT2D eigenvalue weighted by Gasteiger charge is -2.31. The van der Waals surface area contributed by atoms with Crippen LogP contribution >= 0.6 is 11.3 Å². The van der Waals surface area contributed by atoms with Crippen molar-refractivity contribution < 1.29 is 24.2 Å². The molecule has 4 rings (SSSR count). The predicted molar refractivity (Wildman–Crippen MR) is 139 cm³/mol.